The van der Waals surface area contributed by atoms with Gasteiger partial charge >= 0.3 is 12.2 Å². The average Bonchev–Trinajstić information content (AvgIpc) is 3.35. The van der Waals surface area contributed by atoms with Crippen LogP contribution in [-0.2, 0) is 11.0 Å². The Bertz CT molecular complexity index is 1240. The summed E-state index contributed by atoms with van der Waals surface area (Å²) in [6, 6.07) is 2.85. The van der Waals surface area contributed by atoms with Crippen LogP contribution in [0.1, 0.15) is 5.56 Å². The second-order valence-electron chi connectivity index (χ2n) is 6.92. The number of hydrogen-bond donors (Lipinski definition) is 1. The number of fused-ring (bicyclic) bond motifs is 1. The van der Waals surface area contributed by atoms with Gasteiger partial charge in [-0.15, -0.1) is 5.10 Å². The molecule has 3 heterocycles. The third-order valence-electron chi connectivity index (χ3n) is 5.01. The highest BCUT2D eigenvalue weighted by atomic mass is 35.5. The van der Waals surface area contributed by atoms with E-state index in [4.69, 9.17) is 11.6 Å². The minimum absolute atomic E-state index is 0.233. The van der Waals surface area contributed by atoms with E-state index in [2.05, 4.69) is 10.4 Å². The Labute approximate surface area is 182 Å². The maximum Gasteiger partial charge on any atom is 0.418 e. The number of carbonyl (C=O) groups excluding carboxylic acids is 2. The van der Waals surface area contributed by atoms with Crippen molar-refractivity contribution in [2.75, 3.05) is 23.4 Å². The molecular weight excluding hydrogens is 461 g/mol. The number of rotatable bonds is 3. The first kappa shape index (κ1) is 21.8. The second kappa shape index (κ2) is 7.62. The van der Waals surface area contributed by atoms with Gasteiger partial charge in [-0.2, -0.15) is 13.2 Å². The maximum absolute atomic E-state index is 14.4. The van der Waals surface area contributed by atoms with Crippen LogP contribution in [0.3, 0.4) is 0 Å². The maximum atomic E-state index is 14.4. The van der Waals surface area contributed by atoms with E-state index in [0.29, 0.717) is 6.07 Å². The summed E-state index contributed by atoms with van der Waals surface area (Å²) in [6.45, 7) is -0.273. The zero-order chi connectivity index (χ0) is 23.4. The van der Waals surface area contributed by atoms with Crippen molar-refractivity contribution in [3.8, 4) is 0 Å². The van der Waals surface area contributed by atoms with Crippen LogP contribution in [-0.4, -0.2) is 41.2 Å². The Balaban J connectivity index is 1.75. The van der Waals surface area contributed by atoms with Gasteiger partial charge in [-0.3, -0.25) is 9.69 Å². The van der Waals surface area contributed by atoms with Crippen molar-refractivity contribution in [1.82, 2.24) is 14.9 Å². The fraction of sp³-hybridized carbons (Fsp3) is 0.211. The summed E-state index contributed by atoms with van der Waals surface area (Å²) in [7, 11) is 1.17. The summed E-state index contributed by atoms with van der Waals surface area (Å²) in [5.41, 5.74) is -1.66. The lowest BCUT2D eigenvalue weighted by Crippen LogP contribution is -2.47. The number of urea groups is 1. The van der Waals surface area contributed by atoms with Crippen molar-refractivity contribution in [3.63, 3.8) is 0 Å². The van der Waals surface area contributed by atoms with E-state index < -0.39 is 52.2 Å². The fourth-order valence-electron chi connectivity index (χ4n) is 3.44. The van der Waals surface area contributed by atoms with Gasteiger partial charge in [-0.05, 0) is 30.3 Å². The number of carbonyl (C=O) groups is 2. The fourth-order valence-corrected chi connectivity index (χ4v) is 3.60. The van der Waals surface area contributed by atoms with Gasteiger partial charge in [-0.1, -0.05) is 11.6 Å². The topological polar surface area (TPSA) is 70.0 Å². The molecule has 1 N–H and O–H groups in total. The van der Waals surface area contributed by atoms with Crippen LogP contribution >= 0.6 is 11.6 Å². The summed E-state index contributed by atoms with van der Waals surface area (Å²) in [4.78, 5) is 27.0. The number of anilines is 2. The van der Waals surface area contributed by atoms with Gasteiger partial charge in [0.05, 0.1) is 16.8 Å². The van der Waals surface area contributed by atoms with E-state index in [-0.39, 0.29) is 17.7 Å². The summed E-state index contributed by atoms with van der Waals surface area (Å²) >= 11 is 5.56. The molecule has 1 unspecified atom stereocenters. The molecule has 1 fully saturated rings. The summed E-state index contributed by atoms with van der Waals surface area (Å²) in [5.74, 6) is -3.51. The zero-order valence-electron chi connectivity index (χ0n) is 16.1. The summed E-state index contributed by atoms with van der Waals surface area (Å²) in [5, 5.41) is 5.56. The third kappa shape index (κ3) is 3.49. The highest BCUT2D eigenvalue weighted by Gasteiger charge is 2.42. The number of hydrogen-bond acceptors (Lipinski definition) is 3. The number of halogens is 6. The van der Waals surface area contributed by atoms with Gasteiger partial charge in [0.2, 0.25) is 0 Å². The van der Waals surface area contributed by atoms with E-state index in [9.17, 15) is 31.5 Å². The predicted molar refractivity (Wildman–Crippen MR) is 105 cm³/mol. The quantitative estimate of drug-likeness (QED) is 0.464. The molecule has 3 aromatic rings. The molecule has 32 heavy (non-hydrogen) atoms. The number of nitrogens with one attached hydrogen (secondary N) is 1. The van der Waals surface area contributed by atoms with E-state index >= 15 is 0 Å². The molecule has 1 atom stereocenters. The largest absolute Gasteiger partial charge is 0.418 e. The zero-order valence-corrected chi connectivity index (χ0v) is 16.9. The van der Waals surface area contributed by atoms with Gasteiger partial charge in [0.25, 0.3) is 5.91 Å². The molecule has 0 aliphatic carbocycles. The average molecular weight is 474 g/mol. The van der Waals surface area contributed by atoms with Gasteiger partial charge in [-0.25, -0.2) is 18.1 Å². The van der Waals surface area contributed by atoms with Crippen LogP contribution in [0.5, 0.6) is 0 Å². The van der Waals surface area contributed by atoms with Crippen molar-refractivity contribution in [2.24, 2.45) is 0 Å². The molecule has 3 amide bonds. The molecule has 1 aliphatic heterocycles. The Morgan fingerprint density at radius 2 is 2.00 bits per heavy atom. The second-order valence-corrected chi connectivity index (χ2v) is 7.29. The molecule has 0 saturated carbocycles. The Morgan fingerprint density at radius 1 is 1.28 bits per heavy atom. The molecule has 1 saturated heterocycles. The SMILES string of the molecule is CN(C(=O)C1CNC(=O)N1c1cc(C(F)(F)F)c2cccn2n1)c1ccc(F)c(Cl)c1F. The first-order valence-corrected chi connectivity index (χ1v) is 9.42. The molecule has 13 heteroatoms. The highest BCUT2D eigenvalue weighted by Crippen LogP contribution is 2.35. The van der Waals surface area contributed by atoms with Crippen LogP contribution in [0, 0.1) is 11.6 Å². The minimum Gasteiger partial charge on any atom is -0.335 e. The molecule has 0 radical (unpaired) electrons. The van der Waals surface area contributed by atoms with Crippen molar-refractivity contribution in [2.45, 2.75) is 12.2 Å². The standard InChI is InChI=1S/C19H13ClF5N5O2/c1-28(12-5-4-10(21)15(20)16(12)22)17(31)13-8-26-18(32)30(13)14-7-9(19(23,24)25)11-3-2-6-29(11)27-14/h2-7,13H,8H2,1H3,(H,26,32). The first-order chi connectivity index (χ1) is 15.0. The van der Waals surface area contributed by atoms with Crippen LogP contribution < -0.4 is 15.1 Å². The third-order valence-corrected chi connectivity index (χ3v) is 5.36. The van der Waals surface area contributed by atoms with Crippen molar-refractivity contribution in [3.05, 3.63) is 58.7 Å². The summed E-state index contributed by atoms with van der Waals surface area (Å²) in [6.07, 6.45) is -3.49. The first-order valence-electron chi connectivity index (χ1n) is 9.04. The van der Waals surface area contributed by atoms with Crippen LogP contribution in [0.2, 0.25) is 5.02 Å². The highest BCUT2D eigenvalue weighted by molar-refractivity contribution is 6.31. The molecule has 1 aliphatic rings. The van der Waals surface area contributed by atoms with E-state index in [0.717, 1.165) is 26.4 Å². The van der Waals surface area contributed by atoms with Gasteiger partial charge < -0.3 is 10.2 Å². The Kier molecular flexibility index (Phi) is 5.19. The Morgan fingerprint density at radius 3 is 2.69 bits per heavy atom. The van der Waals surface area contributed by atoms with Crippen molar-refractivity contribution < 1.29 is 31.5 Å². The van der Waals surface area contributed by atoms with E-state index in [1.807, 2.05) is 0 Å². The number of likely N-dealkylation sites (N-methyl/N-ethyl adjacent to an activating group) is 1. The smallest absolute Gasteiger partial charge is 0.335 e. The lowest BCUT2D eigenvalue weighted by molar-refractivity contribution is -0.136. The van der Waals surface area contributed by atoms with E-state index in [1.54, 1.807) is 0 Å². The number of alkyl halides is 3. The predicted octanol–water partition coefficient (Wildman–Crippen LogP) is 3.85. The summed E-state index contributed by atoms with van der Waals surface area (Å²) < 4.78 is 69.4. The molecule has 2 aromatic heterocycles. The number of nitrogens with zero attached hydrogens (tertiary/aromatic N) is 4. The van der Waals surface area contributed by atoms with Crippen LogP contribution in [0.25, 0.3) is 5.52 Å². The number of amides is 3. The number of benzene rings is 1. The minimum atomic E-state index is -4.75. The molecule has 168 valence electrons. The molecule has 1 aromatic carbocycles. The Hall–Kier alpha value is -3.41. The van der Waals surface area contributed by atoms with Gasteiger partial charge in [0.1, 0.15) is 16.9 Å². The monoisotopic (exact) mass is 473 g/mol. The van der Waals surface area contributed by atoms with E-state index in [1.165, 1.54) is 25.4 Å². The van der Waals surface area contributed by atoms with Crippen molar-refractivity contribution in [1.29, 1.82) is 0 Å². The molecule has 0 bridgehead atoms. The molecule has 4 rings (SSSR count). The number of aromatic nitrogens is 2. The lowest BCUT2D eigenvalue weighted by Gasteiger charge is -2.27. The lowest BCUT2D eigenvalue weighted by atomic mass is 10.2. The van der Waals surface area contributed by atoms with Gasteiger partial charge in [0, 0.05) is 19.8 Å². The normalized spacial score (nSPS) is 16.5. The van der Waals surface area contributed by atoms with Crippen LogP contribution in [0.4, 0.5) is 38.3 Å². The molecule has 0 spiro atoms. The van der Waals surface area contributed by atoms with Crippen molar-refractivity contribution >= 4 is 40.6 Å². The van der Waals surface area contributed by atoms with Gasteiger partial charge in [0.15, 0.2) is 11.6 Å². The molecular formula is C19H13ClF5N5O2. The van der Waals surface area contributed by atoms with Crippen LogP contribution in [0.15, 0.2) is 36.5 Å². The molecule has 7 nitrogen and oxygen atoms in total.